The van der Waals surface area contributed by atoms with Crippen molar-refractivity contribution in [3.8, 4) is 0 Å². The van der Waals surface area contributed by atoms with Gasteiger partial charge >= 0.3 is 0 Å². The Labute approximate surface area is 101 Å². The summed E-state index contributed by atoms with van der Waals surface area (Å²) in [6, 6.07) is 1.48. The second-order valence-corrected chi connectivity index (χ2v) is 4.60. The summed E-state index contributed by atoms with van der Waals surface area (Å²) >= 11 is 0. The van der Waals surface area contributed by atoms with Gasteiger partial charge in [-0.15, -0.1) is 0 Å². The molecule has 4 nitrogen and oxygen atoms in total. The third-order valence-electron chi connectivity index (χ3n) is 3.18. The Morgan fingerprint density at radius 1 is 1.24 bits per heavy atom. The molecular weight excluding hydrogens is 216 g/mol. The Balaban J connectivity index is 2.20. The van der Waals surface area contributed by atoms with E-state index in [9.17, 15) is 9.59 Å². The van der Waals surface area contributed by atoms with Gasteiger partial charge in [0.2, 0.25) is 0 Å². The number of nitrogens with one attached hydrogen (secondary N) is 1. The number of likely N-dealkylation sites (tertiary alicyclic amines) is 1. The number of carbonyl (C=O) groups is 1. The highest BCUT2D eigenvalue weighted by Gasteiger charge is 2.19. The second-order valence-electron chi connectivity index (χ2n) is 4.60. The van der Waals surface area contributed by atoms with Crippen LogP contribution in [-0.4, -0.2) is 28.9 Å². The maximum atomic E-state index is 12.2. The standard InChI is InChI=1S/C13H18N2O2/c1-10-8-12(16)11(9-14-10)13(17)15-6-4-2-3-5-7-15/h8-9H,2-7H2,1H3,(H,14,16). The van der Waals surface area contributed by atoms with Crippen LogP contribution in [0.4, 0.5) is 0 Å². The highest BCUT2D eigenvalue weighted by molar-refractivity contribution is 5.93. The Morgan fingerprint density at radius 3 is 2.47 bits per heavy atom. The van der Waals surface area contributed by atoms with E-state index in [0.717, 1.165) is 31.6 Å². The number of rotatable bonds is 1. The van der Waals surface area contributed by atoms with Crippen LogP contribution in [0.3, 0.4) is 0 Å². The smallest absolute Gasteiger partial charge is 0.259 e. The molecule has 1 aromatic heterocycles. The number of pyridine rings is 1. The maximum Gasteiger partial charge on any atom is 0.259 e. The summed E-state index contributed by atoms with van der Waals surface area (Å²) in [5.41, 5.74) is 0.857. The number of nitrogens with zero attached hydrogens (tertiary/aromatic N) is 1. The van der Waals surface area contributed by atoms with Crippen LogP contribution in [0.5, 0.6) is 0 Å². The van der Waals surface area contributed by atoms with E-state index in [1.807, 2.05) is 6.92 Å². The molecule has 0 spiro atoms. The van der Waals surface area contributed by atoms with Gasteiger partial charge in [0.15, 0.2) is 5.43 Å². The molecule has 1 aliphatic rings. The lowest BCUT2D eigenvalue weighted by molar-refractivity contribution is 0.0760. The van der Waals surface area contributed by atoms with Gasteiger partial charge in [-0.25, -0.2) is 0 Å². The molecule has 0 unspecified atom stereocenters. The van der Waals surface area contributed by atoms with Crippen LogP contribution >= 0.6 is 0 Å². The van der Waals surface area contributed by atoms with Gasteiger partial charge in [-0.1, -0.05) is 12.8 Å². The number of carbonyl (C=O) groups excluding carboxylic acids is 1. The molecule has 17 heavy (non-hydrogen) atoms. The molecule has 1 fully saturated rings. The van der Waals surface area contributed by atoms with Crippen molar-refractivity contribution in [1.29, 1.82) is 0 Å². The quantitative estimate of drug-likeness (QED) is 0.804. The van der Waals surface area contributed by atoms with Crippen LogP contribution in [0.1, 0.15) is 41.7 Å². The Hall–Kier alpha value is -1.58. The van der Waals surface area contributed by atoms with Crippen molar-refractivity contribution in [2.24, 2.45) is 0 Å². The molecule has 2 heterocycles. The average molecular weight is 234 g/mol. The lowest BCUT2D eigenvalue weighted by atomic mass is 10.2. The zero-order valence-corrected chi connectivity index (χ0v) is 10.2. The van der Waals surface area contributed by atoms with Crippen molar-refractivity contribution >= 4 is 5.91 Å². The number of hydrogen-bond donors (Lipinski definition) is 1. The highest BCUT2D eigenvalue weighted by Crippen LogP contribution is 2.11. The molecule has 0 radical (unpaired) electrons. The lowest BCUT2D eigenvalue weighted by Crippen LogP contribution is -2.35. The lowest BCUT2D eigenvalue weighted by Gasteiger charge is -2.19. The van der Waals surface area contributed by atoms with Crippen LogP contribution in [0.2, 0.25) is 0 Å². The van der Waals surface area contributed by atoms with Gasteiger partial charge in [0, 0.05) is 31.0 Å². The van der Waals surface area contributed by atoms with E-state index in [2.05, 4.69) is 4.98 Å². The van der Waals surface area contributed by atoms with Crippen LogP contribution < -0.4 is 5.43 Å². The molecule has 1 N–H and O–H groups in total. The van der Waals surface area contributed by atoms with E-state index >= 15 is 0 Å². The summed E-state index contributed by atoms with van der Waals surface area (Å²) in [6.45, 7) is 3.35. The van der Waals surface area contributed by atoms with E-state index in [1.54, 1.807) is 4.90 Å². The van der Waals surface area contributed by atoms with Crippen molar-refractivity contribution in [3.63, 3.8) is 0 Å². The molecule has 0 atom stereocenters. The van der Waals surface area contributed by atoms with E-state index < -0.39 is 0 Å². The van der Waals surface area contributed by atoms with Gasteiger partial charge in [0.1, 0.15) is 5.56 Å². The fourth-order valence-electron chi connectivity index (χ4n) is 2.18. The minimum atomic E-state index is -0.185. The first-order chi connectivity index (χ1) is 8.18. The Bertz CT molecular complexity index is 457. The number of amides is 1. The fourth-order valence-corrected chi connectivity index (χ4v) is 2.18. The normalized spacial score (nSPS) is 16.6. The van der Waals surface area contributed by atoms with Crippen molar-refractivity contribution in [3.05, 3.63) is 33.7 Å². The average Bonchev–Trinajstić information content (AvgIpc) is 2.56. The molecule has 1 aliphatic heterocycles. The van der Waals surface area contributed by atoms with E-state index in [0.29, 0.717) is 0 Å². The van der Waals surface area contributed by atoms with Gasteiger partial charge < -0.3 is 9.88 Å². The van der Waals surface area contributed by atoms with Crippen LogP contribution in [0.25, 0.3) is 0 Å². The number of aromatic nitrogens is 1. The van der Waals surface area contributed by atoms with Crippen molar-refractivity contribution in [2.45, 2.75) is 32.6 Å². The number of aromatic amines is 1. The van der Waals surface area contributed by atoms with E-state index in [1.165, 1.54) is 25.1 Å². The third kappa shape index (κ3) is 2.75. The van der Waals surface area contributed by atoms with Gasteiger partial charge in [0.05, 0.1) is 0 Å². The van der Waals surface area contributed by atoms with Gasteiger partial charge in [-0.3, -0.25) is 9.59 Å². The molecule has 0 aliphatic carbocycles. The van der Waals surface area contributed by atoms with Crippen LogP contribution in [0, 0.1) is 6.92 Å². The van der Waals surface area contributed by atoms with Crippen LogP contribution in [0.15, 0.2) is 17.1 Å². The Morgan fingerprint density at radius 2 is 1.88 bits per heavy atom. The molecule has 1 aromatic rings. The van der Waals surface area contributed by atoms with Crippen molar-refractivity contribution in [1.82, 2.24) is 9.88 Å². The largest absolute Gasteiger partial charge is 0.364 e. The van der Waals surface area contributed by atoms with E-state index in [-0.39, 0.29) is 16.9 Å². The summed E-state index contributed by atoms with van der Waals surface area (Å²) in [4.78, 5) is 28.7. The molecule has 0 bridgehead atoms. The maximum absolute atomic E-state index is 12.2. The monoisotopic (exact) mass is 234 g/mol. The van der Waals surface area contributed by atoms with Crippen LogP contribution in [-0.2, 0) is 0 Å². The second kappa shape index (κ2) is 5.17. The number of aryl methyl sites for hydroxylation is 1. The van der Waals surface area contributed by atoms with Gasteiger partial charge in [-0.05, 0) is 19.8 Å². The van der Waals surface area contributed by atoms with Crippen molar-refractivity contribution < 1.29 is 4.79 Å². The molecule has 4 heteroatoms. The zero-order valence-electron chi connectivity index (χ0n) is 10.2. The Kier molecular flexibility index (Phi) is 3.61. The predicted octanol–water partition coefficient (Wildman–Crippen LogP) is 1.70. The first kappa shape index (κ1) is 11.9. The summed E-state index contributed by atoms with van der Waals surface area (Å²) in [5.74, 6) is -0.131. The minimum Gasteiger partial charge on any atom is -0.364 e. The SMILES string of the molecule is Cc1cc(=O)c(C(=O)N2CCCCCC2)c[nH]1. The number of H-pyrrole nitrogens is 1. The van der Waals surface area contributed by atoms with Gasteiger partial charge in [-0.2, -0.15) is 0 Å². The summed E-state index contributed by atoms with van der Waals surface area (Å²) in [6.07, 6.45) is 5.96. The molecular formula is C13H18N2O2. The summed E-state index contributed by atoms with van der Waals surface area (Å²) < 4.78 is 0. The third-order valence-corrected chi connectivity index (χ3v) is 3.18. The first-order valence-corrected chi connectivity index (χ1v) is 6.17. The molecule has 92 valence electrons. The molecule has 1 amide bonds. The van der Waals surface area contributed by atoms with E-state index in [4.69, 9.17) is 0 Å². The van der Waals surface area contributed by atoms with Crippen molar-refractivity contribution in [2.75, 3.05) is 13.1 Å². The highest BCUT2D eigenvalue weighted by atomic mass is 16.2. The topological polar surface area (TPSA) is 53.2 Å². The van der Waals surface area contributed by atoms with Gasteiger partial charge in [0.25, 0.3) is 5.91 Å². The summed E-state index contributed by atoms with van der Waals surface area (Å²) in [5, 5.41) is 0. The molecule has 0 aromatic carbocycles. The summed E-state index contributed by atoms with van der Waals surface area (Å²) in [7, 11) is 0. The predicted molar refractivity (Wildman–Crippen MR) is 66.2 cm³/mol. The number of hydrogen-bond acceptors (Lipinski definition) is 2. The molecule has 0 saturated carbocycles. The minimum absolute atomic E-state index is 0.131. The molecule has 2 rings (SSSR count). The zero-order chi connectivity index (χ0) is 12.3. The first-order valence-electron chi connectivity index (χ1n) is 6.17. The fraction of sp³-hybridized carbons (Fsp3) is 0.538. The molecule has 1 saturated heterocycles.